The SMILES string of the molecule is O=C(NOC1CCCNC1)c1oc2ccncc2c1Nc1ccc(I)cc1F.O=CO. The van der Waals surface area contributed by atoms with Gasteiger partial charge in [-0.3, -0.25) is 19.4 Å². The summed E-state index contributed by atoms with van der Waals surface area (Å²) in [6.07, 6.45) is 4.86. The van der Waals surface area contributed by atoms with Crippen LogP contribution in [0.25, 0.3) is 11.0 Å². The first-order valence-corrected chi connectivity index (χ1v) is 10.4. The van der Waals surface area contributed by atoms with E-state index >= 15 is 0 Å². The predicted octanol–water partition coefficient (Wildman–Crippen LogP) is 3.43. The molecular weight excluding hydrogens is 522 g/mol. The molecule has 0 bridgehead atoms. The predicted molar refractivity (Wildman–Crippen MR) is 120 cm³/mol. The van der Waals surface area contributed by atoms with E-state index in [9.17, 15) is 9.18 Å². The summed E-state index contributed by atoms with van der Waals surface area (Å²) >= 11 is 2.03. The molecule has 0 spiro atoms. The van der Waals surface area contributed by atoms with Crippen molar-refractivity contribution < 1.29 is 28.3 Å². The molecule has 9 nitrogen and oxygen atoms in total. The molecule has 4 rings (SSSR count). The van der Waals surface area contributed by atoms with Crippen molar-refractivity contribution in [1.29, 1.82) is 0 Å². The van der Waals surface area contributed by atoms with Crippen molar-refractivity contribution in [1.82, 2.24) is 15.8 Å². The molecule has 164 valence electrons. The molecule has 1 aliphatic heterocycles. The molecule has 4 N–H and O–H groups in total. The normalized spacial score (nSPS) is 15.6. The van der Waals surface area contributed by atoms with Gasteiger partial charge in [0.2, 0.25) is 5.76 Å². The van der Waals surface area contributed by atoms with Gasteiger partial charge in [0.1, 0.15) is 17.1 Å². The van der Waals surface area contributed by atoms with Crippen LogP contribution in [0.5, 0.6) is 0 Å². The van der Waals surface area contributed by atoms with Crippen molar-refractivity contribution in [3.8, 4) is 0 Å². The zero-order valence-corrected chi connectivity index (χ0v) is 18.4. The van der Waals surface area contributed by atoms with Crippen molar-refractivity contribution in [2.45, 2.75) is 18.9 Å². The monoisotopic (exact) mass is 542 g/mol. The Kier molecular flexibility index (Phi) is 8.14. The number of aromatic nitrogens is 1. The molecule has 2 aromatic heterocycles. The molecule has 11 heteroatoms. The summed E-state index contributed by atoms with van der Waals surface area (Å²) in [7, 11) is 0. The van der Waals surface area contributed by atoms with Gasteiger partial charge in [-0.25, -0.2) is 9.87 Å². The minimum Gasteiger partial charge on any atom is -0.483 e. The maximum absolute atomic E-state index is 14.3. The first kappa shape index (κ1) is 22.9. The van der Waals surface area contributed by atoms with Crippen molar-refractivity contribution in [3.05, 3.63) is 51.8 Å². The Bertz CT molecular complexity index is 1060. The van der Waals surface area contributed by atoms with Crippen LogP contribution in [0, 0.1) is 9.39 Å². The number of amides is 1. The van der Waals surface area contributed by atoms with Gasteiger partial charge < -0.3 is 20.2 Å². The molecule has 1 saturated heterocycles. The van der Waals surface area contributed by atoms with Crippen LogP contribution in [-0.4, -0.2) is 41.7 Å². The van der Waals surface area contributed by atoms with Gasteiger partial charge in [0.05, 0.1) is 17.2 Å². The molecule has 1 aromatic carbocycles. The van der Waals surface area contributed by atoms with E-state index in [1.165, 1.54) is 6.07 Å². The molecule has 1 amide bonds. The molecular formula is C20H20FIN4O5. The maximum atomic E-state index is 14.3. The third kappa shape index (κ3) is 5.89. The largest absolute Gasteiger partial charge is 0.483 e. The summed E-state index contributed by atoms with van der Waals surface area (Å²) < 4.78 is 20.8. The molecule has 0 aliphatic carbocycles. The number of pyridine rings is 1. The van der Waals surface area contributed by atoms with Crippen molar-refractivity contribution in [2.75, 3.05) is 18.4 Å². The summed E-state index contributed by atoms with van der Waals surface area (Å²) in [5, 5.41) is 13.6. The van der Waals surface area contributed by atoms with E-state index in [0.29, 0.717) is 23.2 Å². The second-order valence-electron chi connectivity index (χ2n) is 6.55. The van der Waals surface area contributed by atoms with E-state index in [0.717, 1.165) is 23.0 Å². The number of rotatable bonds is 5. The quantitative estimate of drug-likeness (QED) is 0.220. The van der Waals surface area contributed by atoms with E-state index in [-0.39, 0.29) is 24.0 Å². The number of furan rings is 1. The highest BCUT2D eigenvalue weighted by molar-refractivity contribution is 14.1. The topological polar surface area (TPSA) is 126 Å². The molecule has 1 fully saturated rings. The molecule has 1 atom stereocenters. The molecule has 0 saturated carbocycles. The van der Waals surface area contributed by atoms with Gasteiger partial charge in [-0.05, 0) is 66.2 Å². The molecule has 1 aliphatic rings. The van der Waals surface area contributed by atoms with Crippen LogP contribution in [-0.2, 0) is 9.63 Å². The highest BCUT2D eigenvalue weighted by Crippen LogP contribution is 2.33. The number of halogens is 2. The molecule has 3 aromatic rings. The van der Waals surface area contributed by atoms with Crippen LogP contribution in [0.2, 0.25) is 0 Å². The maximum Gasteiger partial charge on any atom is 0.312 e. The third-order valence-electron chi connectivity index (χ3n) is 4.46. The minimum absolute atomic E-state index is 0.00437. The Labute approximate surface area is 190 Å². The average molecular weight is 542 g/mol. The van der Waals surface area contributed by atoms with Crippen LogP contribution in [0.4, 0.5) is 15.8 Å². The van der Waals surface area contributed by atoms with Crippen molar-refractivity contribution in [3.63, 3.8) is 0 Å². The second-order valence-corrected chi connectivity index (χ2v) is 7.80. The lowest BCUT2D eigenvalue weighted by atomic mass is 10.1. The fourth-order valence-electron chi connectivity index (χ4n) is 3.05. The van der Waals surface area contributed by atoms with Crippen molar-refractivity contribution in [2.24, 2.45) is 0 Å². The fourth-order valence-corrected chi connectivity index (χ4v) is 3.51. The standard InChI is InChI=1S/C19H18FIN4O3.CH2O2/c20-14-8-11(21)3-4-15(14)24-17-13-10-23-7-5-16(13)27-18(17)19(26)25-28-12-2-1-6-22-9-12;2-1-3/h3-5,7-8,10,12,22,24H,1-2,6,9H2,(H,25,26);1H,(H,2,3). The number of hydrogen-bond donors (Lipinski definition) is 4. The van der Waals surface area contributed by atoms with E-state index in [2.05, 4.69) is 21.1 Å². The lowest BCUT2D eigenvalue weighted by Gasteiger charge is -2.22. The van der Waals surface area contributed by atoms with Gasteiger partial charge in [0.25, 0.3) is 6.47 Å². The van der Waals surface area contributed by atoms with Crippen LogP contribution in [0.15, 0.2) is 41.1 Å². The number of fused-ring (bicyclic) bond motifs is 1. The summed E-state index contributed by atoms with van der Waals surface area (Å²) in [6.45, 7) is 1.36. The van der Waals surface area contributed by atoms with Gasteiger partial charge >= 0.3 is 5.91 Å². The fraction of sp³-hybridized carbons (Fsp3) is 0.250. The smallest absolute Gasteiger partial charge is 0.312 e. The Balaban J connectivity index is 0.000000858. The number of carboxylic acid groups (broad SMARTS) is 1. The van der Waals surface area contributed by atoms with Gasteiger partial charge in [0.15, 0.2) is 0 Å². The van der Waals surface area contributed by atoms with E-state index < -0.39 is 11.7 Å². The zero-order valence-electron chi connectivity index (χ0n) is 16.2. The van der Waals surface area contributed by atoms with Gasteiger partial charge in [-0.15, -0.1) is 0 Å². The number of anilines is 2. The van der Waals surface area contributed by atoms with Gasteiger partial charge in [0, 0.05) is 22.5 Å². The zero-order chi connectivity index (χ0) is 22.2. The lowest BCUT2D eigenvalue weighted by molar-refractivity contribution is -0.122. The van der Waals surface area contributed by atoms with Crippen LogP contribution in [0.1, 0.15) is 23.4 Å². The van der Waals surface area contributed by atoms with Gasteiger partial charge in [-0.1, -0.05) is 0 Å². The average Bonchev–Trinajstić information content (AvgIpc) is 3.14. The lowest BCUT2D eigenvalue weighted by Crippen LogP contribution is -2.40. The second kappa shape index (κ2) is 11.0. The van der Waals surface area contributed by atoms with E-state index in [1.54, 1.807) is 30.6 Å². The number of hydroxylamine groups is 1. The number of nitrogens with one attached hydrogen (secondary N) is 3. The Morgan fingerprint density at radius 2 is 2.23 bits per heavy atom. The first-order chi connectivity index (χ1) is 15.0. The van der Waals surface area contributed by atoms with Gasteiger partial charge in [-0.2, -0.15) is 0 Å². The number of benzene rings is 1. The van der Waals surface area contributed by atoms with Crippen LogP contribution < -0.4 is 16.1 Å². The number of piperidine rings is 1. The minimum atomic E-state index is -0.546. The highest BCUT2D eigenvalue weighted by Gasteiger charge is 2.23. The summed E-state index contributed by atoms with van der Waals surface area (Å²) in [5.41, 5.74) is 3.49. The summed E-state index contributed by atoms with van der Waals surface area (Å²) in [5.74, 6) is -0.971. The van der Waals surface area contributed by atoms with Crippen LogP contribution >= 0.6 is 22.6 Å². The Hall–Kier alpha value is -2.77. The van der Waals surface area contributed by atoms with E-state index in [1.807, 2.05) is 22.6 Å². The number of nitrogens with zero attached hydrogens (tertiary/aromatic N) is 1. The molecule has 31 heavy (non-hydrogen) atoms. The van der Waals surface area contributed by atoms with Crippen molar-refractivity contribution >= 4 is 57.3 Å². The first-order valence-electron chi connectivity index (χ1n) is 9.36. The Morgan fingerprint density at radius 3 is 2.94 bits per heavy atom. The molecule has 3 heterocycles. The number of carbonyl (C=O) groups excluding carboxylic acids is 1. The van der Waals surface area contributed by atoms with Crippen LogP contribution in [0.3, 0.4) is 0 Å². The summed E-state index contributed by atoms with van der Waals surface area (Å²) in [4.78, 5) is 30.6. The number of hydrogen-bond acceptors (Lipinski definition) is 7. The molecule has 0 radical (unpaired) electrons. The highest BCUT2D eigenvalue weighted by atomic mass is 127. The van der Waals surface area contributed by atoms with E-state index in [4.69, 9.17) is 19.2 Å². The summed E-state index contributed by atoms with van der Waals surface area (Å²) in [6, 6.07) is 6.43. The Morgan fingerprint density at radius 1 is 1.42 bits per heavy atom. The number of carbonyl (C=O) groups is 2. The molecule has 1 unspecified atom stereocenters. The third-order valence-corrected chi connectivity index (χ3v) is 5.13.